The van der Waals surface area contributed by atoms with E-state index >= 15 is 0 Å². The van der Waals surface area contributed by atoms with Crippen molar-refractivity contribution < 1.29 is 14.3 Å². The molecule has 0 atom stereocenters. The Morgan fingerprint density at radius 3 is 2.88 bits per heavy atom. The Balaban J connectivity index is 2.68. The van der Waals surface area contributed by atoms with Crippen LogP contribution in [-0.4, -0.2) is 20.6 Å². The van der Waals surface area contributed by atoms with E-state index in [-0.39, 0.29) is 17.0 Å². The molecule has 2 rings (SSSR count). The zero-order chi connectivity index (χ0) is 12.6. The van der Waals surface area contributed by atoms with Crippen molar-refractivity contribution in [2.75, 3.05) is 0 Å². The molecule has 1 aromatic carbocycles. The van der Waals surface area contributed by atoms with E-state index in [2.05, 4.69) is 20.9 Å². The summed E-state index contributed by atoms with van der Waals surface area (Å²) < 4.78 is 15.7. The van der Waals surface area contributed by atoms with Crippen LogP contribution in [0.25, 0.3) is 11.3 Å². The van der Waals surface area contributed by atoms with Gasteiger partial charge in [-0.05, 0) is 18.2 Å². The second kappa shape index (κ2) is 4.29. The average Bonchev–Trinajstić information content (AvgIpc) is 2.64. The molecule has 0 aliphatic rings. The van der Waals surface area contributed by atoms with Gasteiger partial charge in [-0.2, -0.15) is 0 Å². The number of aromatic nitrogens is 2. The lowest BCUT2D eigenvalue weighted by Crippen LogP contribution is -2.05. The Morgan fingerprint density at radius 1 is 1.53 bits per heavy atom. The number of nitrogens with zero attached hydrogens (tertiary/aromatic N) is 2. The minimum atomic E-state index is -1.14. The summed E-state index contributed by atoms with van der Waals surface area (Å²) in [7, 11) is 1.55. The van der Waals surface area contributed by atoms with E-state index in [0.29, 0.717) is 4.47 Å². The van der Waals surface area contributed by atoms with E-state index in [9.17, 15) is 9.18 Å². The van der Waals surface area contributed by atoms with Gasteiger partial charge in [0.25, 0.3) is 0 Å². The Hall–Kier alpha value is -1.69. The third-order valence-corrected chi connectivity index (χ3v) is 2.82. The third-order valence-electron chi connectivity index (χ3n) is 2.32. The van der Waals surface area contributed by atoms with Gasteiger partial charge in [0.1, 0.15) is 11.5 Å². The average molecular weight is 299 g/mol. The fourth-order valence-electron chi connectivity index (χ4n) is 1.56. The summed E-state index contributed by atoms with van der Waals surface area (Å²) in [5.41, 5.74) is 0.248. The Morgan fingerprint density at radius 2 is 2.24 bits per heavy atom. The molecule has 0 fully saturated rings. The predicted molar refractivity (Wildman–Crippen MR) is 63.3 cm³/mol. The number of carboxylic acid groups (broad SMARTS) is 1. The molecule has 0 aliphatic heterocycles. The summed E-state index contributed by atoms with van der Waals surface area (Å²) in [5, 5.41) is 9.06. The molecular weight excluding hydrogens is 291 g/mol. The molecule has 0 spiro atoms. The van der Waals surface area contributed by atoms with Gasteiger partial charge in [-0.1, -0.05) is 15.9 Å². The van der Waals surface area contributed by atoms with Crippen molar-refractivity contribution in [3.05, 3.63) is 40.5 Å². The molecule has 6 heteroatoms. The molecule has 0 aliphatic carbocycles. The standard InChI is InChI=1S/C11H8BrFN2O2/c1-15-5-14-9(10(15)11(16)17)7-4-6(12)2-3-8(7)13/h2-5H,1H3,(H,16,17). The van der Waals surface area contributed by atoms with E-state index < -0.39 is 11.8 Å². The van der Waals surface area contributed by atoms with Crippen molar-refractivity contribution in [3.63, 3.8) is 0 Å². The molecule has 88 valence electrons. The lowest BCUT2D eigenvalue weighted by molar-refractivity contribution is 0.0687. The van der Waals surface area contributed by atoms with Crippen molar-refractivity contribution in [2.24, 2.45) is 7.05 Å². The van der Waals surface area contributed by atoms with Crippen molar-refractivity contribution in [1.82, 2.24) is 9.55 Å². The fourth-order valence-corrected chi connectivity index (χ4v) is 1.92. The van der Waals surface area contributed by atoms with Crippen molar-refractivity contribution in [3.8, 4) is 11.3 Å². The number of carbonyl (C=O) groups is 1. The zero-order valence-electron chi connectivity index (χ0n) is 8.82. The molecule has 0 bridgehead atoms. The highest BCUT2D eigenvalue weighted by atomic mass is 79.9. The largest absolute Gasteiger partial charge is 0.477 e. The molecule has 0 saturated heterocycles. The first-order valence-electron chi connectivity index (χ1n) is 4.70. The van der Waals surface area contributed by atoms with Crippen molar-refractivity contribution in [2.45, 2.75) is 0 Å². The van der Waals surface area contributed by atoms with Crippen LogP contribution in [0.1, 0.15) is 10.5 Å². The fraction of sp³-hybridized carbons (Fsp3) is 0.0909. The van der Waals surface area contributed by atoms with Gasteiger partial charge in [-0.15, -0.1) is 0 Å². The molecule has 1 aromatic heterocycles. The maximum Gasteiger partial charge on any atom is 0.354 e. The van der Waals surface area contributed by atoms with Crippen LogP contribution in [0.15, 0.2) is 29.0 Å². The highest BCUT2D eigenvalue weighted by Gasteiger charge is 2.20. The number of imidazole rings is 1. The molecule has 0 saturated carbocycles. The number of aryl methyl sites for hydroxylation is 1. The maximum absolute atomic E-state index is 13.6. The predicted octanol–water partition coefficient (Wildman–Crippen LogP) is 2.69. The van der Waals surface area contributed by atoms with Crippen LogP contribution in [0.4, 0.5) is 4.39 Å². The maximum atomic E-state index is 13.6. The van der Waals surface area contributed by atoms with Crippen LogP contribution < -0.4 is 0 Å². The smallest absolute Gasteiger partial charge is 0.354 e. The third kappa shape index (κ3) is 2.08. The monoisotopic (exact) mass is 298 g/mol. The van der Waals surface area contributed by atoms with Crippen LogP contribution >= 0.6 is 15.9 Å². The van der Waals surface area contributed by atoms with Gasteiger partial charge in [-0.3, -0.25) is 0 Å². The number of halogens is 2. The Labute approximate surface area is 105 Å². The van der Waals surface area contributed by atoms with Crippen molar-refractivity contribution >= 4 is 21.9 Å². The molecule has 4 nitrogen and oxygen atoms in total. The second-order valence-corrected chi connectivity index (χ2v) is 4.40. The van der Waals surface area contributed by atoms with E-state index in [1.54, 1.807) is 13.1 Å². The molecule has 0 amide bonds. The Kier molecular flexibility index (Phi) is 2.97. The van der Waals surface area contributed by atoms with Crippen LogP contribution in [0, 0.1) is 5.82 Å². The topological polar surface area (TPSA) is 55.1 Å². The lowest BCUT2D eigenvalue weighted by atomic mass is 10.1. The number of benzene rings is 1. The first-order chi connectivity index (χ1) is 8.00. The van der Waals surface area contributed by atoms with E-state index in [4.69, 9.17) is 5.11 Å². The summed E-state index contributed by atoms with van der Waals surface area (Å²) in [6.45, 7) is 0. The van der Waals surface area contributed by atoms with Crippen LogP contribution in [-0.2, 0) is 7.05 Å². The van der Waals surface area contributed by atoms with E-state index in [0.717, 1.165) is 0 Å². The van der Waals surface area contributed by atoms with Crippen molar-refractivity contribution in [1.29, 1.82) is 0 Å². The van der Waals surface area contributed by atoms with Gasteiger partial charge >= 0.3 is 5.97 Å². The summed E-state index contributed by atoms with van der Waals surface area (Å²) >= 11 is 3.21. The minimum absolute atomic E-state index is 0.0398. The number of hydrogen-bond acceptors (Lipinski definition) is 2. The van der Waals surface area contributed by atoms with Crippen LogP contribution in [0.2, 0.25) is 0 Å². The summed E-state index contributed by atoms with van der Waals surface area (Å²) in [6.07, 6.45) is 1.35. The molecule has 0 unspecified atom stereocenters. The molecular formula is C11H8BrFN2O2. The first kappa shape index (κ1) is 11.8. The molecule has 1 heterocycles. The van der Waals surface area contributed by atoms with Gasteiger partial charge in [0.15, 0.2) is 5.69 Å². The van der Waals surface area contributed by atoms with Crippen LogP contribution in [0.3, 0.4) is 0 Å². The zero-order valence-corrected chi connectivity index (χ0v) is 10.4. The number of rotatable bonds is 2. The highest BCUT2D eigenvalue weighted by Crippen LogP contribution is 2.27. The highest BCUT2D eigenvalue weighted by molar-refractivity contribution is 9.10. The lowest BCUT2D eigenvalue weighted by Gasteiger charge is -2.03. The number of carboxylic acids is 1. The van der Waals surface area contributed by atoms with Crippen LogP contribution in [0.5, 0.6) is 0 Å². The quantitative estimate of drug-likeness (QED) is 0.927. The molecule has 2 aromatic rings. The van der Waals surface area contributed by atoms with Gasteiger partial charge in [-0.25, -0.2) is 14.2 Å². The second-order valence-electron chi connectivity index (χ2n) is 3.48. The minimum Gasteiger partial charge on any atom is -0.477 e. The number of hydrogen-bond donors (Lipinski definition) is 1. The summed E-state index contributed by atoms with van der Waals surface area (Å²) in [5.74, 6) is -1.64. The van der Waals surface area contributed by atoms with Gasteiger partial charge < -0.3 is 9.67 Å². The van der Waals surface area contributed by atoms with Gasteiger partial charge in [0, 0.05) is 17.1 Å². The Bertz CT molecular complexity index is 595. The SMILES string of the molecule is Cn1cnc(-c2cc(Br)ccc2F)c1C(=O)O. The van der Waals surface area contributed by atoms with Gasteiger partial charge in [0.2, 0.25) is 0 Å². The molecule has 17 heavy (non-hydrogen) atoms. The summed E-state index contributed by atoms with van der Waals surface area (Å²) in [6, 6.07) is 4.31. The number of aromatic carboxylic acids is 1. The molecule has 1 N–H and O–H groups in total. The summed E-state index contributed by atoms with van der Waals surface area (Å²) in [4.78, 5) is 15.0. The van der Waals surface area contributed by atoms with E-state index in [1.165, 1.54) is 23.0 Å². The molecule has 0 radical (unpaired) electrons. The van der Waals surface area contributed by atoms with Gasteiger partial charge in [0.05, 0.1) is 6.33 Å². The first-order valence-corrected chi connectivity index (χ1v) is 5.50. The van der Waals surface area contributed by atoms with E-state index in [1.807, 2.05) is 0 Å². The normalized spacial score (nSPS) is 10.5.